The molecule has 0 radical (unpaired) electrons. The predicted molar refractivity (Wildman–Crippen MR) is 49.2 cm³/mol. The Balaban J connectivity index is 2.19. The molecule has 13 heavy (non-hydrogen) atoms. The molecule has 2 atom stereocenters. The summed E-state index contributed by atoms with van der Waals surface area (Å²) >= 11 is 0. The van der Waals surface area contributed by atoms with Gasteiger partial charge in [-0.3, -0.25) is 4.68 Å². The number of nitrogens with two attached hydrogens (primary N) is 1. The molecular weight excluding hydrogens is 166 g/mol. The number of piperidine rings is 1. The number of hydrogen-bond donors (Lipinski definition) is 2. The Labute approximate surface area is 77.3 Å². The molecule has 2 unspecified atom stereocenters. The van der Waals surface area contributed by atoms with Gasteiger partial charge in [0.25, 0.3) is 0 Å². The summed E-state index contributed by atoms with van der Waals surface area (Å²) in [7, 11) is 1.91. The van der Waals surface area contributed by atoms with Crippen molar-refractivity contribution in [3.05, 3.63) is 11.9 Å². The van der Waals surface area contributed by atoms with Crippen LogP contribution in [0.3, 0.4) is 0 Å². The van der Waals surface area contributed by atoms with E-state index in [1.807, 2.05) is 17.9 Å². The van der Waals surface area contributed by atoms with Crippen LogP contribution in [0.5, 0.6) is 0 Å². The van der Waals surface area contributed by atoms with Crippen LogP contribution in [0, 0.1) is 0 Å². The number of aryl methyl sites for hydroxylation is 1. The summed E-state index contributed by atoms with van der Waals surface area (Å²) in [6.45, 7) is 1.92. The highest BCUT2D eigenvalue weighted by Crippen LogP contribution is 2.22. The number of hydrogen-bond acceptors (Lipinski definition) is 4. The van der Waals surface area contributed by atoms with Crippen molar-refractivity contribution < 1.29 is 0 Å². The van der Waals surface area contributed by atoms with Crippen molar-refractivity contribution in [1.29, 1.82) is 0 Å². The molecular formula is C8H15N5. The van der Waals surface area contributed by atoms with Crippen LogP contribution in [0.2, 0.25) is 0 Å². The summed E-state index contributed by atoms with van der Waals surface area (Å²) in [5, 5.41) is 11.1. The predicted octanol–water partition coefficient (Wildman–Crippen LogP) is -0.781. The van der Waals surface area contributed by atoms with Crippen LogP contribution < -0.4 is 11.1 Å². The Morgan fingerprint density at radius 3 is 3.15 bits per heavy atom. The number of rotatable bonds is 1. The van der Waals surface area contributed by atoms with Gasteiger partial charge in [-0.25, -0.2) is 0 Å². The Morgan fingerprint density at radius 1 is 1.69 bits per heavy atom. The highest BCUT2D eigenvalue weighted by atomic mass is 15.4. The Morgan fingerprint density at radius 2 is 2.54 bits per heavy atom. The van der Waals surface area contributed by atoms with Gasteiger partial charge in [0.05, 0.1) is 11.9 Å². The van der Waals surface area contributed by atoms with E-state index in [2.05, 4.69) is 15.6 Å². The lowest BCUT2D eigenvalue weighted by Gasteiger charge is -2.28. The minimum atomic E-state index is 0.186. The summed E-state index contributed by atoms with van der Waals surface area (Å²) in [6, 6.07) is 0.186. The van der Waals surface area contributed by atoms with E-state index in [-0.39, 0.29) is 6.04 Å². The fourth-order valence-electron chi connectivity index (χ4n) is 1.88. The third-order valence-corrected chi connectivity index (χ3v) is 2.66. The Bertz CT molecular complexity index is 282. The lowest BCUT2D eigenvalue weighted by molar-refractivity contribution is 0.387. The molecule has 0 bridgehead atoms. The van der Waals surface area contributed by atoms with Gasteiger partial charge in [-0.05, 0) is 13.0 Å². The van der Waals surface area contributed by atoms with Crippen molar-refractivity contribution in [2.75, 3.05) is 13.1 Å². The minimum Gasteiger partial charge on any atom is -0.326 e. The average molecular weight is 181 g/mol. The van der Waals surface area contributed by atoms with E-state index >= 15 is 0 Å². The molecule has 0 spiro atoms. The number of nitrogens with one attached hydrogen (secondary N) is 1. The van der Waals surface area contributed by atoms with Crippen LogP contribution in [-0.2, 0) is 7.05 Å². The molecule has 0 saturated carbocycles. The normalized spacial score (nSPS) is 29.1. The molecule has 1 saturated heterocycles. The minimum absolute atomic E-state index is 0.186. The molecule has 3 N–H and O–H groups in total. The highest BCUT2D eigenvalue weighted by molar-refractivity contribution is 5.08. The van der Waals surface area contributed by atoms with Crippen LogP contribution in [0.25, 0.3) is 0 Å². The van der Waals surface area contributed by atoms with Gasteiger partial charge in [0.15, 0.2) is 0 Å². The van der Waals surface area contributed by atoms with Crippen LogP contribution in [0.1, 0.15) is 18.0 Å². The van der Waals surface area contributed by atoms with Crippen molar-refractivity contribution in [3.63, 3.8) is 0 Å². The van der Waals surface area contributed by atoms with E-state index in [4.69, 9.17) is 5.73 Å². The third kappa shape index (κ3) is 1.57. The van der Waals surface area contributed by atoms with Crippen LogP contribution in [0.4, 0.5) is 0 Å². The molecule has 5 nitrogen and oxygen atoms in total. The van der Waals surface area contributed by atoms with E-state index in [1.54, 1.807) is 0 Å². The second-order valence-electron chi connectivity index (χ2n) is 3.55. The van der Waals surface area contributed by atoms with Gasteiger partial charge in [-0.2, -0.15) is 0 Å². The first-order valence-electron chi connectivity index (χ1n) is 4.60. The standard InChI is InChI=1S/C8H15N5/c1-13-8(5-11-12-13)6-2-3-10-4-7(6)9/h5-7,10H,2-4,9H2,1H3. The van der Waals surface area contributed by atoms with Crippen molar-refractivity contribution in [2.45, 2.75) is 18.4 Å². The molecule has 0 aliphatic carbocycles. The number of nitrogens with zero attached hydrogens (tertiary/aromatic N) is 3. The van der Waals surface area contributed by atoms with E-state index in [0.717, 1.165) is 25.2 Å². The van der Waals surface area contributed by atoms with Crippen molar-refractivity contribution in [2.24, 2.45) is 12.8 Å². The van der Waals surface area contributed by atoms with E-state index in [0.29, 0.717) is 5.92 Å². The van der Waals surface area contributed by atoms with Gasteiger partial charge in [0, 0.05) is 25.6 Å². The fraction of sp³-hybridized carbons (Fsp3) is 0.750. The smallest absolute Gasteiger partial charge is 0.0728 e. The average Bonchev–Trinajstić information content (AvgIpc) is 2.52. The molecule has 0 aromatic carbocycles. The third-order valence-electron chi connectivity index (χ3n) is 2.66. The van der Waals surface area contributed by atoms with Gasteiger partial charge < -0.3 is 11.1 Å². The second kappa shape index (κ2) is 3.43. The molecule has 2 rings (SSSR count). The summed E-state index contributed by atoms with van der Waals surface area (Å²) in [5.41, 5.74) is 7.15. The van der Waals surface area contributed by atoms with Gasteiger partial charge in [0.2, 0.25) is 0 Å². The first-order chi connectivity index (χ1) is 6.29. The molecule has 0 amide bonds. The Kier molecular flexibility index (Phi) is 2.28. The van der Waals surface area contributed by atoms with E-state index < -0.39 is 0 Å². The second-order valence-corrected chi connectivity index (χ2v) is 3.55. The largest absolute Gasteiger partial charge is 0.326 e. The van der Waals surface area contributed by atoms with Crippen molar-refractivity contribution >= 4 is 0 Å². The molecule has 1 fully saturated rings. The molecule has 1 aromatic rings. The lowest BCUT2D eigenvalue weighted by atomic mass is 9.91. The summed E-state index contributed by atoms with van der Waals surface area (Å²) < 4.78 is 1.82. The zero-order valence-corrected chi connectivity index (χ0v) is 7.77. The van der Waals surface area contributed by atoms with E-state index in [9.17, 15) is 0 Å². The fourth-order valence-corrected chi connectivity index (χ4v) is 1.88. The SMILES string of the molecule is Cn1nncc1C1CCNCC1N. The maximum Gasteiger partial charge on any atom is 0.0728 e. The molecule has 72 valence electrons. The first kappa shape index (κ1) is 8.65. The van der Waals surface area contributed by atoms with Gasteiger partial charge in [0.1, 0.15) is 0 Å². The maximum atomic E-state index is 6.01. The summed E-state index contributed by atoms with van der Waals surface area (Å²) in [6.07, 6.45) is 2.89. The topological polar surface area (TPSA) is 68.8 Å². The van der Waals surface area contributed by atoms with Gasteiger partial charge >= 0.3 is 0 Å². The zero-order chi connectivity index (χ0) is 9.26. The maximum absolute atomic E-state index is 6.01. The number of aromatic nitrogens is 3. The van der Waals surface area contributed by atoms with Crippen LogP contribution >= 0.6 is 0 Å². The van der Waals surface area contributed by atoms with Crippen molar-refractivity contribution in [3.8, 4) is 0 Å². The van der Waals surface area contributed by atoms with Crippen molar-refractivity contribution in [1.82, 2.24) is 20.3 Å². The van der Waals surface area contributed by atoms with E-state index in [1.165, 1.54) is 0 Å². The zero-order valence-electron chi connectivity index (χ0n) is 7.77. The van der Waals surface area contributed by atoms with Gasteiger partial charge in [-0.1, -0.05) is 5.21 Å². The molecule has 2 heterocycles. The molecule has 1 aliphatic rings. The van der Waals surface area contributed by atoms with Crippen LogP contribution in [-0.4, -0.2) is 34.1 Å². The summed E-state index contributed by atoms with van der Waals surface area (Å²) in [4.78, 5) is 0. The quantitative estimate of drug-likeness (QED) is 0.596. The molecule has 1 aromatic heterocycles. The first-order valence-corrected chi connectivity index (χ1v) is 4.60. The monoisotopic (exact) mass is 181 g/mol. The molecule has 5 heteroatoms. The summed E-state index contributed by atoms with van der Waals surface area (Å²) in [5.74, 6) is 0.404. The van der Waals surface area contributed by atoms with Gasteiger partial charge in [-0.15, -0.1) is 5.10 Å². The molecule has 1 aliphatic heterocycles. The lowest BCUT2D eigenvalue weighted by Crippen LogP contribution is -2.45. The highest BCUT2D eigenvalue weighted by Gasteiger charge is 2.25. The Hall–Kier alpha value is -0.940. The van der Waals surface area contributed by atoms with Crippen LogP contribution in [0.15, 0.2) is 6.20 Å².